The highest BCUT2D eigenvalue weighted by molar-refractivity contribution is 5.48. The summed E-state index contributed by atoms with van der Waals surface area (Å²) in [5.74, 6) is 0. The molecule has 0 aliphatic rings. The van der Waals surface area contributed by atoms with Gasteiger partial charge in [0.1, 0.15) is 0 Å². The molecule has 0 spiro atoms. The minimum Gasteiger partial charge on any atom is -0.380 e. The number of amides is 1. The zero-order chi connectivity index (χ0) is 7.82. The van der Waals surface area contributed by atoms with Gasteiger partial charge in [0.15, 0.2) is 0 Å². The number of nitrogens with zero attached hydrogens (tertiary/aromatic N) is 1. The molecule has 3 nitrogen and oxygen atoms in total. The van der Waals surface area contributed by atoms with Gasteiger partial charge < -0.3 is 9.64 Å². The summed E-state index contributed by atoms with van der Waals surface area (Å²) in [4.78, 5) is 11.6. The molecule has 0 saturated heterocycles. The van der Waals surface area contributed by atoms with E-state index < -0.39 is 0 Å². The van der Waals surface area contributed by atoms with Crippen molar-refractivity contribution in [2.45, 2.75) is 6.92 Å². The third-order valence-electron chi connectivity index (χ3n) is 1.07. The van der Waals surface area contributed by atoms with Gasteiger partial charge in [-0.05, 0) is 13.1 Å². The lowest BCUT2D eigenvalue weighted by Gasteiger charge is -2.09. The molecule has 10 heavy (non-hydrogen) atoms. The Morgan fingerprint density at radius 1 is 1.70 bits per heavy atom. The first-order valence-electron chi connectivity index (χ1n) is 3.26. The van der Waals surface area contributed by atoms with Crippen molar-refractivity contribution in [3.05, 3.63) is 12.8 Å². The smallest absolute Gasteiger partial charge is 0.213 e. The fourth-order valence-corrected chi connectivity index (χ4v) is 0.501. The maximum Gasteiger partial charge on any atom is 0.213 e. The molecular weight excluding hydrogens is 130 g/mol. The van der Waals surface area contributed by atoms with Crippen molar-refractivity contribution in [1.29, 1.82) is 0 Å². The highest BCUT2D eigenvalue weighted by Gasteiger charge is 1.92. The fraction of sp³-hybridized carbons (Fsp3) is 0.571. The van der Waals surface area contributed by atoms with E-state index in [1.54, 1.807) is 0 Å². The molecule has 0 fully saturated rings. The van der Waals surface area contributed by atoms with Crippen LogP contribution in [-0.4, -0.2) is 31.1 Å². The molecule has 0 atom stereocenters. The first-order valence-corrected chi connectivity index (χ1v) is 3.26. The number of carbonyl (C=O) groups excluding carboxylic acids is 1. The van der Waals surface area contributed by atoms with Crippen molar-refractivity contribution in [1.82, 2.24) is 4.90 Å². The van der Waals surface area contributed by atoms with E-state index in [0.29, 0.717) is 19.8 Å². The van der Waals surface area contributed by atoms with Gasteiger partial charge in [0.25, 0.3) is 0 Å². The fourth-order valence-electron chi connectivity index (χ4n) is 0.501. The van der Waals surface area contributed by atoms with Crippen LogP contribution in [0.3, 0.4) is 0 Å². The third kappa shape index (κ3) is 4.09. The topological polar surface area (TPSA) is 29.5 Å². The van der Waals surface area contributed by atoms with Crippen molar-refractivity contribution in [2.24, 2.45) is 0 Å². The lowest BCUT2D eigenvalue weighted by atomic mass is 10.6. The molecule has 3 heteroatoms. The summed E-state index contributed by atoms with van der Waals surface area (Å²) in [6, 6.07) is 0. The Kier molecular flexibility index (Phi) is 5.77. The Morgan fingerprint density at radius 3 is 2.80 bits per heavy atom. The summed E-state index contributed by atoms with van der Waals surface area (Å²) in [6.07, 6.45) is 2.21. The predicted octanol–water partition coefficient (Wildman–Crippen LogP) is 0.625. The summed E-state index contributed by atoms with van der Waals surface area (Å²) < 4.78 is 5.02. The molecule has 0 radical (unpaired) electrons. The van der Waals surface area contributed by atoms with Gasteiger partial charge in [-0.3, -0.25) is 4.79 Å². The molecule has 0 aliphatic heterocycles. The second-order valence-electron chi connectivity index (χ2n) is 1.72. The van der Waals surface area contributed by atoms with E-state index in [-0.39, 0.29) is 0 Å². The molecule has 0 rings (SSSR count). The first-order chi connectivity index (χ1) is 4.85. The molecule has 0 aromatic rings. The van der Waals surface area contributed by atoms with Crippen LogP contribution >= 0.6 is 0 Å². The monoisotopic (exact) mass is 143 g/mol. The minimum atomic E-state index is 0.571. The van der Waals surface area contributed by atoms with Crippen molar-refractivity contribution in [2.75, 3.05) is 19.8 Å². The molecule has 0 unspecified atom stereocenters. The van der Waals surface area contributed by atoms with Crippen molar-refractivity contribution in [3.63, 3.8) is 0 Å². The van der Waals surface area contributed by atoms with Gasteiger partial charge in [-0.25, -0.2) is 0 Å². The van der Waals surface area contributed by atoms with Crippen LogP contribution in [0.15, 0.2) is 12.8 Å². The van der Waals surface area contributed by atoms with Crippen molar-refractivity contribution >= 4 is 6.41 Å². The average Bonchev–Trinajstić information content (AvgIpc) is 1.99. The van der Waals surface area contributed by atoms with E-state index in [4.69, 9.17) is 4.74 Å². The normalized spacial score (nSPS) is 8.90. The molecule has 0 saturated carbocycles. The first kappa shape index (κ1) is 9.17. The van der Waals surface area contributed by atoms with Gasteiger partial charge in [-0.1, -0.05) is 6.58 Å². The summed E-state index contributed by atoms with van der Waals surface area (Å²) in [5.41, 5.74) is 0. The van der Waals surface area contributed by atoms with Gasteiger partial charge in [0, 0.05) is 13.2 Å². The average molecular weight is 143 g/mol. The number of carbonyl (C=O) groups is 1. The summed E-state index contributed by atoms with van der Waals surface area (Å²) in [5, 5.41) is 0. The van der Waals surface area contributed by atoms with E-state index in [0.717, 1.165) is 6.41 Å². The highest BCUT2D eigenvalue weighted by atomic mass is 16.5. The van der Waals surface area contributed by atoms with Gasteiger partial charge in [0.2, 0.25) is 6.41 Å². The van der Waals surface area contributed by atoms with Crippen LogP contribution in [0, 0.1) is 0 Å². The number of hydrogen-bond donors (Lipinski definition) is 0. The zero-order valence-corrected chi connectivity index (χ0v) is 6.25. The Hall–Kier alpha value is -0.830. The van der Waals surface area contributed by atoms with E-state index >= 15 is 0 Å². The minimum absolute atomic E-state index is 0.571. The molecule has 1 amide bonds. The third-order valence-corrected chi connectivity index (χ3v) is 1.07. The molecule has 0 bridgehead atoms. The largest absolute Gasteiger partial charge is 0.380 e. The Morgan fingerprint density at radius 2 is 2.40 bits per heavy atom. The molecule has 0 aliphatic carbocycles. The molecule has 0 N–H and O–H groups in total. The van der Waals surface area contributed by atoms with Crippen LogP contribution in [0.4, 0.5) is 0 Å². The lowest BCUT2D eigenvalue weighted by molar-refractivity contribution is -0.116. The Balaban J connectivity index is 3.25. The molecule has 0 heterocycles. The van der Waals surface area contributed by atoms with E-state index in [1.807, 2.05) is 6.92 Å². The van der Waals surface area contributed by atoms with Gasteiger partial charge in [-0.15, -0.1) is 0 Å². The molecule has 58 valence electrons. The molecule has 0 aromatic carbocycles. The van der Waals surface area contributed by atoms with E-state index in [2.05, 4.69) is 6.58 Å². The SMILES string of the molecule is C=CN(C=O)CCOCC. The van der Waals surface area contributed by atoms with Crippen LogP contribution in [0.1, 0.15) is 6.92 Å². The van der Waals surface area contributed by atoms with Crippen LogP contribution in [0.25, 0.3) is 0 Å². The lowest BCUT2D eigenvalue weighted by Crippen LogP contribution is -2.19. The quantitative estimate of drug-likeness (QED) is 0.403. The maximum absolute atomic E-state index is 10.1. The number of ether oxygens (including phenoxy) is 1. The maximum atomic E-state index is 10.1. The molecular formula is C7H13NO2. The number of hydrogen-bond acceptors (Lipinski definition) is 2. The van der Waals surface area contributed by atoms with Crippen molar-refractivity contribution in [3.8, 4) is 0 Å². The van der Waals surface area contributed by atoms with Crippen LogP contribution < -0.4 is 0 Å². The van der Waals surface area contributed by atoms with Gasteiger partial charge in [0.05, 0.1) is 6.61 Å². The van der Waals surface area contributed by atoms with E-state index in [1.165, 1.54) is 11.1 Å². The second kappa shape index (κ2) is 6.29. The zero-order valence-electron chi connectivity index (χ0n) is 6.25. The second-order valence-corrected chi connectivity index (χ2v) is 1.72. The van der Waals surface area contributed by atoms with Crippen molar-refractivity contribution < 1.29 is 9.53 Å². The summed E-state index contributed by atoms with van der Waals surface area (Å²) in [6.45, 7) is 7.20. The number of rotatable bonds is 6. The van der Waals surface area contributed by atoms with Crippen LogP contribution in [-0.2, 0) is 9.53 Å². The van der Waals surface area contributed by atoms with Crippen LogP contribution in [0.2, 0.25) is 0 Å². The Labute approximate surface area is 61.3 Å². The van der Waals surface area contributed by atoms with Crippen LogP contribution in [0.5, 0.6) is 0 Å². The molecule has 0 aromatic heterocycles. The van der Waals surface area contributed by atoms with Gasteiger partial charge in [-0.2, -0.15) is 0 Å². The summed E-state index contributed by atoms with van der Waals surface area (Å²) in [7, 11) is 0. The Bertz CT molecular complexity index is 95.8. The van der Waals surface area contributed by atoms with Gasteiger partial charge >= 0.3 is 0 Å². The predicted molar refractivity (Wildman–Crippen MR) is 39.5 cm³/mol. The summed E-state index contributed by atoms with van der Waals surface area (Å²) >= 11 is 0. The van der Waals surface area contributed by atoms with E-state index in [9.17, 15) is 4.79 Å². The highest BCUT2D eigenvalue weighted by Crippen LogP contribution is 1.82. The standard InChI is InChI=1S/C7H13NO2/c1-3-8(7-9)5-6-10-4-2/h3,7H,1,4-6H2,2H3.